The number of piperidine rings is 2. The molecule has 2 heteroatoms. The van der Waals surface area contributed by atoms with Gasteiger partial charge in [0.15, 0.2) is 0 Å². The predicted molar refractivity (Wildman–Crippen MR) is 46.7 cm³/mol. The van der Waals surface area contributed by atoms with E-state index in [1.165, 1.54) is 25.8 Å². The van der Waals surface area contributed by atoms with Crippen LogP contribution in [0, 0.1) is 0 Å². The highest BCUT2D eigenvalue weighted by Crippen LogP contribution is 2.26. The number of hydrogen-bond acceptors (Lipinski definition) is 2. The average Bonchev–Trinajstić information content (AvgIpc) is 2.04. The summed E-state index contributed by atoms with van der Waals surface area (Å²) in [7, 11) is 2.26. The van der Waals surface area contributed by atoms with Gasteiger partial charge in [-0.25, -0.2) is 0 Å². The van der Waals surface area contributed by atoms with Crippen molar-refractivity contribution in [3.05, 3.63) is 0 Å². The predicted octanol–water partition coefficient (Wildman–Crippen LogP) is 0.831. The lowest BCUT2D eigenvalue weighted by Crippen LogP contribution is -2.64. The minimum atomic E-state index is 0.771. The number of piperazine rings is 1. The lowest BCUT2D eigenvalue weighted by molar-refractivity contribution is 0.0570. The second-order valence-corrected chi connectivity index (χ2v) is 3.96. The maximum absolute atomic E-state index is 3.69. The van der Waals surface area contributed by atoms with Crippen LogP contribution in [0.3, 0.4) is 0 Å². The molecular formula is C9H18N2. The first-order chi connectivity index (χ1) is 5.31. The summed E-state index contributed by atoms with van der Waals surface area (Å²) in [5, 5.41) is 3.69. The third-order valence-electron chi connectivity index (χ3n) is 3.24. The van der Waals surface area contributed by atoms with E-state index in [2.05, 4.69) is 24.2 Å². The summed E-state index contributed by atoms with van der Waals surface area (Å²) in [6.45, 7) is 3.55. The van der Waals surface area contributed by atoms with Crippen LogP contribution in [0.2, 0.25) is 0 Å². The fourth-order valence-electron chi connectivity index (χ4n) is 2.61. The summed E-state index contributed by atoms with van der Waals surface area (Å²) in [5.74, 6) is 0. The summed E-state index contributed by atoms with van der Waals surface area (Å²) < 4.78 is 0. The maximum atomic E-state index is 3.69. The summed E-state index contributed by atoms with van der Waals surface area (Å²) in [5.41, 5.74) is 0. The Hall–Kier alpha value is -0.0800. The zero-order valence-corrected chi connectivity index (χ0v) is 7.51. The topological polar surface area (TPSA) is 15.3 Å². The summed E-state index contributed by atoms with van der Waals surface area (Å²) in [6.07, 6.45) is 4.09. The highest BCUT2D eigenvalue weighted by molar-refractivity contribution is 4.97. The second-order valence-electron chi connectivity index (χ2n) is 3.96. The van der Waals surface area contributed by atoms with Gasteiger partial charge in [-0.05, 0) is 26.3 Å². The average molecular weight is 154 g/mol. The van der Waals surface area contributed by atoms with Crippen LogP contribution in [-0.2, 0) is 0 Å². The van der Waals surface area contributed by atoms with Crippen LogP contribution in [0.25, 0.3) is 0 Å². The zero-order chi connectivity index (χ0) is 7.84. The van der Waals surface area contributed by atoms with Crippen molar-refractivity contribution in [1.29, 1.82) is 0 Å². The molecule has 0 aliphatic carbocycles. The minimum absolute atomic E-state index is 0.771. The molecule has 2 nitrogen and oxygen atoms in total. The lowest BCUT2D eigenvalue weighted by Gasteiger charge is -2.49. The quantitative estimate of drug-likeness (QED) is 0.602. The Labute approximate surface area is 69.0 Å². The Morgan fingerprint density at radius 2 is 2.27 bits per heavy atom. The van der Waals surface area contributed by atoms with E-state index in [-0.39, 0.29) is 0 Å². The third-order valence-corrected chi connectivity index (χ3v) is 3.24. The van der Waals surface area contributed by atoms with Gasteiger partial charge in [-0.1, -0.05) is 6.92 Å². The van der Waals surface area contributed by atoms with Crippen LogP contribution in [-0.4, -0.2) is 36.6 Å². The molecule has 0 unspecified atom stereocenters. The van der Waals surface area contributed by atoms with Crippen molar-refractivity contribution in [1.82, 2.24) is 10.2 Å². The molecule has 0 aromatic carbocycles. The molecule has 0 saturated carbocycles. The molecule has 0 radical (unpaired) electrons. The van der Waals surface area contributed by atoms with Crippen molar-refractivity contribution in [3.8, 4) is 0 Å². The second kappa shape index (κ2) is 2.76. The molecule has 3 rings (SSSR count). The molecule has 0 aromatic heterocycles. The molecule has 0 spiro atoms. The Balaban J connectivity index is 2.07. The van der Waals surface area contributed by atoms with Crippen LogP contribution in [0.5, 0.6) is 0 Å². The molecule has 64 valence electrons. The molecule has 3 aliphatic rings. The standard InChI is InChI=1S/C9H18N2/c1-3-8-9-5-4-7(10-8)6-11(9)2/h7-10H,3-6H2,1-2H3/t7-,8+,9-/m0/s1. The normalized spacial score (nSPS) is 44.7. The van der Waals surface area contributed by atoms with Gasteiger partial charge in [0.25, 0.3) is 0 Å². The molecule has 0 amide bonds. The fraction of sp³-hybridized carbons (Fsp3) is 1.00. The van der Waals surface area contributed by atoms with Crippen molar-refractivity contribution in [2.75, 3.05) is 13.6 Å². The van der Waals surface area contributed by atoms with Gasteiger partial charge in [-0.3, -0.25) is 0 Å². The van der Waals surface area contributed by atoms with Gasteiger partial charge in [0.05, 0.1) is 0 Å². The number of likely N-dealkylation sites (N-methyl/N-ethyl adjacent to an activating group) is 1. The summed E-state index contributed by atoms with van der Waals surface area (Å²) in [6, 6.07) is 2.38. The molecule has 3 fully saturated rings. The van der Waals surface area contributed by atoms with E-state index in [4.69, 9.17) is 0 Å². The van der Waals surface area contributed by atoms with Crippen molar-refractivity contribution >= 4 is 0 Å². The van der Waals surface area contributed by atoms with Gasteiger partial charge >= 0.3 is 0 Å². The Bertz CT molecular complexity index is 146. The third kappa shape index (κ3) is 1.18. The number of nitrogens with zero attached hydrogens (tertiary/aromatic N) is 1. The van der Waals surface area contributed by atoms with Crippen LogP contribution in [0.1, 0.15) is 26.2 Å². The maximum Gasteiger partial charge on any atom is 0.0247 e. The van der Waals surface area contributed by atoms with Crippen LogP contribution < -0.4 is 5.32 Å². The van der Waals surface area contributed by atoms with Gasteiger partial charge in [0.2, 0.25) is 0 Å². The van der Waals surface area contributed by atoms with Crippen LogP contribution in [0.15, 0.2) is 0 Å². The monoisotopic (exact) mass is 154 g/mol. The van der Waals surface area contributed by atoms with E-state index in [1.807, 2.05) is 0 Å². The first kappa shape index (κ1) is 7.56. The molecule has 3 aliphatic heterocycles. The van der Waals surface area contributed by atoms with Gasteiger partial charge < -0.3 is 10.2 Å². The zero-order valence-electron chi connectivity index (χ0n) is 7.51. The fourth-order valence-corrected chi connectivity index (χ4v) is 2.61. The number of nitrogens with one attached hydrogen (secondary N) is 1. The van der Waals surface area contributed by atoms with Gasteiger partial charge in [-0.15, -0.1) is 0 Å². The molecule has 11 heavy (non-hydrogen) atoms. The highest BCUT2D eigenvalue weighted by Gasteiger charge is 2.37. The van der Waals surface area contributed by atoms with Crippen molar-refractivity contribution in [2.24, 2.45) is 0 Å². The van der Waals surface area contributed by atoms with E-state index < -0.39 is 0 Å². The minimum Gasteiger partial charge on any atom is -0.308 e. The summed E-state index contributed by atoms with van der Waals surface area (Å²) in [4.78, 5) is 2.53. The van der Waals surface area contributed by atoms with Crippen LogP contribution >= 0.6 is 0 Å². The van der Waals surface area contributed by atoms with Crippen molar-refractivity contribution in [2.45, 2.75) is 44.3 Å². The molecule has 2 bridgehead atoms. The lowest BCUT2D eigenvalue weighted by atomic mass is 9.86. The SMILES string of the molecule is CC[C@H]1N[C@H]2CC[C@@H]1N(C)C2. The Morgan fingerprint density at radius 3 is 2.73 bits per heavy atom. The van der Waals surface area contributed by atoms with E-state index in [9.17, 15) is 0 Å². The number of rotatable bonds is 1. The Kier molecular flexibility index (Phi) is 1.90. The first-order valence-corrected chi connectivity index (χ1v) is 4.77. The van der Waals surface area contributed by atoms with Crippen LogP contribution in [0.4, 0.5) is 0 Å². The first-order valence-electron chi connectivity index (χ1n) is 4.77. The molecule has 3 atom stereocenters. The smallest absolute Gasteiger partial charge is 0.0247 e. The molecular weight excluding hydrogens is 136 g/mol. The van der Waals surface area contributed by atoms with Gasteiger partial charge in [-0.2, -0.15) is 0 Å². The number of hydrogen-bond donors (Lipinski definition) is 1. The molecule has 3 saturated heterocycles. The molecule has 1 N–H and O–H groups in total. The van der Waals surface area contributed by atoms with Crippen molar-refractivity contribution in [3.63, 3.8) is 0 Å². The number of fused-ring (bicyclic) bond motifs is 3. The molecule has 0 aromatic rings. The largest absolute Gasteiger partial charge is 0.308 e. The van der Waals surface area contributed by atoms with Crippen molar-refractivity contribution < 1.29 is 0 Å². The van der Waals surface area contributed by atoms with E-state index >= 15 is 0 Å². The highest BCUT2D eigenvalue weighted by atomic mass is 15.2. The molecule has 3 heterocycles. The van der Waals surface area contributed by atoms with E-state index in [0.29, 0.717) is 0 Å². The summed E-state index contributed by atoms with van der Waals surface area (Å²) >= 11 is 0. The van der Waals surface area contributed by atoms with Gasteiger partial charge in [0.1, 0.15) is 0 Å². The Morgan fingerprint density at radius 1 is 1.45 bits per heavy atom. The van der Waals surface area contributed by atoms with E-state index in [1.54, 1.807) is 0 Å². The van der Waals surface area contributed by atoms with Gasteiger partial charge in [0, 0.05) is 24.7 Å². The van der Waals surface area contributed by atoms with E-state index in [0.717, 1.165) is 18.1 Å².